The van der Waals surface area contributed by atoms with Gasteiger partial charge in [0.25, 0.3) is 0 Å². The smallest absolute Gasteiger partial charge is 0.0953 e. The Morgan fingerprint density at radius 2 is 1.80 bits per heavy atom. The molecule has 1 N–H and O–H groups in total. The van der Waals surface area contributed by atoms with Crippen LogP contribution in [-0.2, 0) is 12.8 Å². The first kappa shape index (κ1) is 14.9. The van der Waals surface area contributed by atoms with Gasteiger partial charge in [-0.2, -0.15) is 0 Å². The van der Waals surface area contributed by atoms with Crippen molar-refractivity contribution in [3.63, 3.8) is 0 Å². The minimum absolute atomic E-state index is 0.227. The van der Waals surface area contributed by atoms with Crippen molar-refractivity contribution in [1.29, 1.82) is 0 Å². The predicted molar refractivity (Wildman–Crippen MR) is 84.0 cm³/mol. The SMILES string of the molecule is CCCNC(c1ccoc1)c1ccc(CC)c(CC)c1. The van der Waals surface area contributed by atoms with Gasteiger partial charge >= 0.3 is 0 Å². The van der Waals surface area contributed by atoms with E-state index in [4.69, 9.17) is 4.42 Å². The van der Waals surface area contributed by atoms with E-state index in [1.807, 2.05) is 12.3 Å². The number of hydrogen-bond acceptors (Lipinski definition) is 2. The minimum atomic E-state index is 0.227. The van der Waals surface area contributed by atoms with Gasteiger partial charge in [0.15, 0.2) is 0 Å². The van der Waals surface area contributed by atoms with E-state index in [1.54, 1.807) is 6.26 Å². The standard InChI is InChI=1S/C18H25NO/c1-4-10-19-18(17-9-11-20-13-17)16-8-7-14(5-2)15(6-3)12-16/h7-9,11-13,18-19H,4-6,10H2,1-3H3. The number of rotatable bonds is 7. The summed E-state index contributed by atoms with van der Waals surface area (Å²) in [7, 11) is 0. The van der Waals surface area contributed by atoms with Crippen molar-refractivity contribution in [1.82, 2.24) is 5.32 Å². The fourth-order valence-corrected chi connectivity index (χ4v) is 2.66. The van der Waals surface area contributed by atoms with Crippen molar-refractivity contribution in [2.45, 2.75) is 46.1 Å². The summed E-state index contributed by atoms with van der Waals surface area (Å²) in [6.07, 6.45) is 6.90. The summed E-state index contributed by atoms with van der Waals surface area (Å²) in [4.78, 5) is 0. The maximum absolute atomic E-state index is 5.26. The van der Waals surface area contributed by atoms with Crippen LogP contribution in [0, 0.1) is 0 Å². The van der Waals surface area contributed by atoms with Gasteiger partial charge < -0.3 is 9.73 Å². The summed E-state index contributed by atoms with van der Waals surface area (Å²) in [6.45, 7) is 7.64. The third kappa shape index (κ3) is 3.31. The van der Waals surface area contributed by atoms with Gasteiger partial charge in [0.2, 0.25) is 0 Å². The summed E-state index contributed by atoms with van der Waals surface area (Å²) in [6, 6.07) is 9.14. The molecule has 0 saturated carbocycles. The van der Waals surface area contributed by atoms with Crippen molar-refractivity contribution >= 4 is 0 Å². The van der Waals surface area contributed by atoms with Gasteiger partial charge in [0.1, 0.15) is 0 Å². The largest absolute Gasteiger partial charge is 0.472 e. The molecule has 0 saturated heterocycles. The van der Waals surface area contributed by atoms with E-state index in [0.717, 1.165) is 25.8 Å². The van der Waals surface area contributed by atoms with E-state index < -0.39 is 0 Å². The molecule has 20 heavy (non-hydrogen) atoms. The van der Waals surface area contributed by atoms with Crippen LogP contribution in [0.4, 0.5) is 0 Å². The number of benzene rings is 1. The third-order valence-electron chi connectivity index (χ3n) is 3.80. The van der Waals surface area contributed by atoms with Crippen molar-refractivity contribution in [2.75, 3.05) is 6.54 Å². The monoisotopic (exact) mass is 271 g/mol. The lowest BCUT2D eigenvalue weighted by atomic mass is 9.94. The van der Waals surface area contributed by atoms with E-state index >= 15 is 0 Å². The molecule has 1 heterocycles. The zero-order valence-corrected chi connectivity index (χ0v) is 12.8. The third-order valence-corrected chi connectivity index (χ3v) is 3.80. The van der Waals surface area contributed by atoms with Crippen molar-refractivity contribution in [3.8, 4) is 0 Å². The molecule has 2 nitrogen and oxygen atoms in total. The van der Waals surface area contributed by atoms with Crippen molar-refractivity contribution in [2.24, 2.45) is 0 Å². The highest BCUT2D eigenvalue weighted by molar-refractivity contribution is 5.37. The van der Waals surface area contributed by atoms with Crippen molar-refractivity contribution < 1.29 is 4.42 Å². The van der Waals surface area contributed by atoms with E-state index in [9.17, 15) is 0 Å². The van der Waals surface area contributed by atoms with Gasteiger partial charge in [-0.05, 0) is 48.6 Å². The lowest BCUT2D eigenvalue weighted by Gasteiger charge is -2.19. The number of furan rings is 1. The average Bonchev–Trinajstić information content (AvgIpc) is 3.01. The molecule has 1 atom stereocenters. The zero-order valence-electron chi connectivity index (χ0n) is 12.8. The Morgan fingerprint density at radius 1 is 1.00 bits per heavy atom. The first-order valence-corrected chi connectivity index (χ1v) is 7.67. The Labute approximate surface area is 122 Å². The highest BCUT2D eigenvalue weighted by atomic mass is 16.3. The highest BCUT2D eigenvalue weighted by Crippen LogP contribution is 2.25. The van der Waals surface area contributed by atoms with Gasteiger partial charge in [0.05, 0.1) is 18.6 Å². The van der Waals surface area contributed by atoms with Crippen LogP contribution in [-0.4, -0.2) is 6.54 Å². The molecule has 0 spiro atoms. The Kier molecular flexibility index (Phi) is 5.42. The van der Waals surface area contributed by atoms with Crippen LogP contribution in [0.5, 0.6) is 0 Å². The molecule has 0 aliphatic heterocycles. The lowest BCUT2D eigenvalue weighted by molar-refractivity contribution is 0.548. The molecule has 1 aromatic carbocycles. The van der Waals surface area contributed by atoms with Crippen LogP contribution in [0.1, 0.15) is 55.5 Å². The molecule has 2 aromatic rings. The molecular formula is C18H25NO. The summed E-state index contributed by atoms with van der Waals surface area (Å²) < 4.78 is 5.26. The summed E-state index contributed by atoms with van der Waals surface area (Å²) in [5, 5.41) is 3.62. The van der Waals surface area contributed by atoms with Gasteiger partial charge in [-0.25, -0.2) is 0 Å². The van der Waals surface area contributed by atoms with Crippen LogP contribution in [0.25, 0.3) is 0 Å². The Hall–Kier alpha value is -1.54. The van der Waals surface area contributed by atoms with E-state index in [-0.39, 0.29) is 6.04 Å². The molecular weight excluding hydrogens is 246 g/mol. The van der Waals surface area contributed by atoms with E-state index in [0.29, 0.717) is 0 Å². The molecule has 2 rings (SSSR count). The van der Waals surface area contributed by atoms with Crippen LogP contribution in [0.2, 0.25) is 0 Å². The van der Waals surface area contributed by atoms with Gasteiger partial charge in [-0.3, -0.25) is 0 Å². The topological polar surface area (TPSA) is 25.2 Å². The summed E-state index contributed by atoms with van der Waals surface area (Å²) >= 11 is 0. The molecule has 1 unspecified atom stereocenters. The fraction of sp³-hybridized carbons (Fsp3) is 0.444. The Bertz CT molecular complexity index is 516. The van der Waals surface area contributed by atoms with E-state index in [1.165, 1.54) is 22.3 Å². The fourth-order valence-electron chi connectivity index (χ4n) is 2.66. The molecule has 0 amide bonds. The molecule has 0 aliphatic carbocycles. The van der Waals surface area contributed by atoms with Crippen LogP contribution >= 0.6 is 0 Å². The van der Waals surface area contributed by atoms with Crippen LogP contribution < -0.4 is 5.32 Å². The van der Waals surface area contributed by atoms with Crippen molar-refractivity contribution in [3.05, 3.63) is 59.0 Å². The van der Waals surface area contributed by atoms with Crippen LogP contribution in [0.3, 0.4) is 0 Å². The Balaban J connectivity index is 2.33. The van der Waals surface area contributed by atoms with Gasteiger partial charge in [-0.1, -0.05) is 39.0 Å². The molecule has 108 valence electrons. The maximum atomic E-state index is 5.26. The first-order chi connectivity index (χ1) is 9.80. The molecule has 1 aromatic heterocycles. The van der Waals surface area contributed by atoms with Gasteiger partial charge in [-0.15, -0.1) is 0 Å². The summed E-state index contributed by atoms with van der Waals surface area (Å²) in [5.74, 6) is 0. The molecule has 0 aliphatic rings. The number of hydrogen-bond donors (Lipinski definition) is 1. The Morgan fingerprint density at radius 3 is 2.40 bits per heavy atom. The average molecular weight is 271 g/mol. The second kappa shape index (κ2) is 7.30. The minimum Gasteiger partial charge on any atom is -0.472 e. The van der Waals surface area contributed by atoms with E-state index in [2.05, 4.69) is 44.3 Å². The summed E-state index contributed by atoms with van der Waals surface area (Å²) in [5.41, 5.74) is 5.44. The zero-order chi connectivity index (χ0) is 14.4. The number of aryl methyl sites for hydroxylation is 2. The highest BCUT2D eigenvalue weighted by Gasteiger charge is 2.15. The normalized spacial score (nSPS) is 12.6. The molecule has 2 heteroatoms. The second-order valence-electron chi connectivity index (χ2n) is 5.18. The predicted octanol–water partition coefficient (Wildman–Crippen LogP) is 4.49. The molecule has 0 fully saturated rings. The quantitative estimate of drug-likeness (QED) is 0.802. The lowest BCUT2D eigenvalue weighted by Crippen LogP contribution is -2.23. The number of nitrogens with one attached hydrogen (secondary N) is 1. The maximum Gasteiger partial charge on any atom is 0.0953 e. The van der Waals surface area contributed by atoms with Gasteiger partial charge in [0, 0.05) is 5.56 Å². The molecule has 0 bridgehead atoms. The van der Waals surface area contributed by atoms with Crippen LogP contribution in [0.15, 0.2) is 41.2 Å². The first-order valence-electron chi connectivity index (χ1n) is 7.67. The second-order valence-corrected chi connectivity index (χ2v) is 5.18. The molecule has 0 radical (unpaired) electrons.